The van der Waals surface area contributed by atoms with Gasteiger partial charge in [-0.3, -0.25) is 0 Å². The molecule has 17 heavy (non-hydrogen) atoms. The fourth-order valence-electron chi connectivity index (χ4n) is 2.09. The number of epoxide rings is 1. The van der Waals surface area contributed by atoms with Gasteiger partial charge < -0.3 is 9.47 Å². The van der Waals surface area contributed by atoms with Gasteiger partial charge in [0.15, 0.2) is 0 Å². The summed E-state index contributed by atoms with van der Waals surface area (Å²) < 4.78 is 11.4. The van der Waals surface area contributed by atoms with Gasteiger partial charge in [-0.05, 0) is 43.0 Å². The zero-order chi connectivity index (χ0) is 12.5. The van der Waals surface area contributed by atoms with Crippen molar-refractivity contribution in [1.82, 2.24) is 0 Å². The second-order valence-corrected chi connectivity index (χ2v) is 5.70. The maximum Gasteiger partial charge on any atom is 0.126 e. The average Bonchev–Trinajstić information content (AvgIpc) is 2.96. The van der Waals surface area contributed by atoms with E-state index >= 15 is 0 Å². The van der Waals surface area contributed by atoms with Gasteiger partial charge >= 0.3 is 0 Å². The van der Waals surface area contributed by atoms with E-state index in [4.69, 9.17) is 21.1 Å². The Morgan fingerprint density at radius 2 is 2.18 bits per heavy atom. The van der Waals surface area contributed by atoms with Gasteiger partial charge in [-0.25, -0.2) is 0 Å². The normalized spacial score (nSPS) is 22.9. The van der Waals surface area contributed by atoms with Crippen molar-refractivity contribution >= 4 is 11.6 Å². The van der Waals surface area contributed by atoms with Crippen LogP contribution in [0.25, 0.3) is 0 Å². The molecule has 1 unspecified atom stereocenters. The van der Waals surface area contributed by atoms with Crippen molar-refractivity contribution in [2.75, 3.05) is 13.2 Å². The molecule has 1 aliphatic heterocycles. The zero-order valence-corrected chi connectivity index (χ0v) is 11.4. The largest absolute Gasteiger partial charge is 0.490 e. The van der Waals surface area contributed by atoms with E-state index in [2.05, 4.69) is 13.8 Å². The highest BCUT2D eigenvalue weighted by Crippen LogP contribution is 2.35. The fraction of sp³-hybridized carbons (Fsp3) is 0.571. The summed E-state index contributed by atoms with van der Waals surface area (Å²) in [6, 6.07) is 5.69. The van der Waals surface area contributed by atoms with E-state index in [1.165, 1.54) is 0 Å². The van der Waals surface area contributed by atoms with E-state index in [0.717, 1.165) is 29.4 Å². The van der Waals surface area contributed by atoms with E-state index in [0.29, 0.717) is 12.5 Å². The number of rotatable bonds is 5. The summed E-state index contributed by atoms with van der Waals surface area (Å²) >= 11 is 5.91. The molecule has 1 aromatic rings. The molecule has 3 heteroatoms. The smallest absolute Gasteiger partial charge is 0.126 e. The number of ether oxygens (including phenoxy) is 2. The average molecular weight is 255 g/mol. The minimum Gasteiger partial charge on any atom is -0.490 e. The van der Waals surface area contributed by atoms with Gasteiger partial charge in [-0.15, -0.1) is 0 Å². The molecule has 0 saturated carbocycles. The summed E-state index contributed by atoms with van der Waals surface area (Å²) in [5, 5.41) is 0.745. The van der Waals surface area contributed by atoms with Crippen LogP contribution in [0, 0.1) is 12.8 Å². The molecule has 2 rings (SSSR count). The quantitative estimate of drug-likeness (QED) is 0.745. The second kappa shape index (κ2) is 4.87. The Balaban J connectivity index is 1.94. The number of aryl methyl sites for hydroxylation is 1. The predicted molar refractivity (Wildman–Crippen MR) is 69.8 cm³/mol. The molecule has 0 aliphatic carbocycles. The molecular formula is C14H19ClO2. The molecule has 1 aromatic carbocycles. The lowest BCUT2D eigenvalue weighted by molar-refractivity contribution is 0.167. The molecule has 0 N–H and O–H groups in total. The van der Waals surface area contributed by atoms with Crippen LogP contribution in [0.4, 0.5) is 0 Å². The third kappa shape index (κ3) is 3.36. The molecule has 1 aliphatic rings. The van der Waals surface area contributed by atoms with Crippen molar-refractivity contribution in [3.63, 3.8) is 0 Å². The van der Waals surface area contributed by atoms with E-state index < -0.39 is 0 Å². The van der Waals surface area contributed by atoms with E-state index in [-0.39, 0.29) is 5.60 Å². The van der Waals surface area contributed by atoms with Crippen LogP contribution in [0.5, 0.6) is 5.75 Å². The number of halogens is 1. The van der Waals surface area contributed by atoms with Crippen molar-refractivity contribution in [3.05, 3.63) is 28.8 Å². The molecular weight excluding hydrogens is 236 g/mol. The Kier molecular flexibility index (Phi) is 3.64. The molecule has 1 saturated heterocycles. The first-order valence-corrected chi connectivity index (χ1v) is 6.41. The monoisotopic (exact) mass is 254 g/mol. The second-order valence-electron chi connectivity index (χ2n) is 5.27. The maximum absolute atomic E-state index is 5.91. The topological polar surface area (TPSA) is 21.8 Å². The Morgan fingerprint density at radius 1 is 1.47 bits per heavy atom. The van der Waals surface area contributed by atoms with E-state index in [1.54, 1.807) is 0 Å². The summed E-state index contributed by atoms with van der Waals surface area (Å²) in [5.41, 5.74) is 1.03. The van der Waals surface area contributed by atoms with Gasteiger partial charge in [0.1, 0.15) is 18.0 Å². The Bertz CT molecular complexity index is 397. The minimum absolute atomic E-state index is 0.0414. The van der Waals surface area contributed by atoms with E-state index in [1.807, 2.05) is 25.1 Å². The van der Waals surface area contributed by atoms with Crippen LogP contribution >= 0.6 is 11.6 Å². The van der Waals surface area contributed by atoms with Crippen molar-refractivity contribution in [3.8, 4) is 5.75 Å². The van der Waals surface area contributed by atoms with Crippen LogP contribution < -0.4 is 4.74 Å². The highest BCUT2D eigenvalue weighted by atomic mass is 35.5. The molecule has 94 valence electrons. The fourth-order valence-corrected chi connectivity index (χ4v) is 2.32. The van der Waals surface area contributed by atoms with Gasteiger partial charge in [0, 0.05) is 5.02 Å². The highest BCUT2D eigenvalue weighted by Gasteiger charge is 2.46. The first kappa shape index (κ1) is 12.7. The van der Waals surface area contributed by atoms with Gasteiger partial charge in [0.25, 0.3) is 0 Å². The lowest BCUT2D eigenvalue weighted by Crippen LogP contribution is -2.23. The SMILES string of the molecule is Cc1cc(Cl)ccc1OCC1(CC(C)C)CO1. The third-order valence-corrected chi connectivity index (χ3v) is 3.20. The van der Waals surface area contributed by atoms with Crippen LogP contribution in [0.1, 0.15) is 25.8 Å². The molecule has 2 nitrogen and oxygen atoms in total. The Labute approximate surface area is 108 Å². The summed E-state index contributed by atoms with van der Waals surface area (Å²) in [5.74, 6) is 1.53. The summed E-state index contributed by atoms with van der Waals surface area (Å²) in [7, 11) is 0. The zero-order valence-electron chi connectivity index (χ0n) is 10.6. The van der Waals surface area contributed by atoms with Crippen LogP contribution in [0.15, 0.2) is 18.2 Å². The maximum atomic E-state index is 5.91. The summed E-state index contributed by atoms with van der Waals surface area (Å²) in [6.07, 6.45) is 1.06. The summed E-state index contributed by atoms with van der Waals surface area (Å²) in [4.78, 5) is 0. The van der Waals surface area contributed by atoms with Crippen molar-refractivity contribution in [1.29, 1.82) is 0 Å². The van der Waals surface area contributed by atoms with Crippen LogP contribution in [-0.4, -0.2) is 18.8 Å². The van der Waals surface area contributed by atoms with Crippen molar-refractivity contribution < 1.29 is 9.47 Å². The standard InChI is InChI=1S/C14H19ClO2/c1-10(2)7-14(9-17-14)8-16-13-5-4-12(15)6-11(13)3/h4-6,10H,7-9H2,1-3H3. The summed E-state index contributed by atoms with van der Waals surface area (Å²) in [6.45, 7) is 7.86. The van der Waals surface area contributed by atoms with Crippen molar-refractivity contribution in [2.45, 2.75) is 32.8 Å². The third-order valence-electron chi connectivity index (χ3n) is 2.96. The predicted octanol–water partition coefficient (Wildman–Crippen LogP) is 3.84. The van der Waals surface area contributed by atoms with Gasteiger partial charge in [0.05, 0.1) is 6.61 Å². The van der Waals surface area contributed by atoms with Gasteiger partial charge in [-0.1, -0.05) is 25.4 Å². The molecule has 1 atom stereocenters. The van der Waals surface area contributed by atoms with Gasteiger partial charge in [0.2, 0.25) is 0 Å². The molecule has 0 bridgehead atoms. The lowest BCUT2D eigenvalue weighted by Gasteiger charge is -2.16. The van der Waals surface area contributed by atoms with Crippen LogP contribution in [-0.2, 0) is 4.74 Å². The first-order chi connectivity index (χ1) is 8.01. The van der Waals surface area contributed by atoms with E-state index in [9.17, 15) is 0 Å². The Hall–Kier alpha value is -0.730. The number of hydrogen-bond acceptors (Lipinski definition) is 2. The molecule has 0 radical (unpaired) electrons. The van der Waals surface area contributed by atoms with Crippen LogP contribution in [0.2, 0.25) is 5.02 Å². The van der Waals surface area contributed by atoms with Crippen molar-refractivity contribution in [2.24, 2.45) is 5.92 Å². The molecule has 0 amide bonds. The van der Waals surface area contributed by atoms with Gasteiger partial charge in [-0.2, -0.15) is 0 Å². The minimum atomic E-state index is -0.0414. The Morgan fingerprint density at radius 3 is 2.71 bits per heavy atom. The number of benzene rings is 1. The molecule has 0 aromatic heterocycles. The lowest BCUT2D eigenvalue weighted by atomic mass is 9.99. The first-order valence-electron chi connectivity index (χ1n) is 6.04. The molecule has 1 fully saturated rings. The molecule has 1 heterocycles. The number of hydrogen-bond donors (Lipinski definition) is 0. The highest BCUT2D eigenvalue weighted by molar-refractivity contribution is 6.30. The molecule has 0 spiro atoms. The van der Waals surface area contributed by atoms with Crippen LogP contribution in [0.3, 0.4) is 0 Å².